The number of Topliss-reactive ketones (excluding diaryl/α,β-unsaturated/α-hetero) is 2. The second-order valence-corrected chi connectivity index (χ2v) is 3.97. The topological polar surface area (TPSA) is 55.7 Å². The molecular formula is C15H19NO3. The molecule has 0 rings (SSSR count). The van der Waals surface area contributed by atoms with Crippen LogP contribution >= 0.6 is 0 Å². The van der Waals surface area contributed by atoms with E-state index in [2.05, 4.69) is 17.5 Å². The summed E-state index contributed by atoms with van der Waals surface area (Å²) >= 11 is 0. The maximum Gasteiger partial charge on any atom is 0.225 e. The molecule has 1 unspecified atom stereocenters. The fourth-order valence-electron chi connectivity index (χ4n) is 1.10. The number of aliphatic imine (C=N–C) groups is 1. The lowest BCUT2D eigenvalue weighted by molar-refractivity contribution is -0.128. The van der Waals surface area contributed by atoms with E-state index in [4.69, 9.17) is 11.2 Å². The average molecular weight is 261 g/mol. The number of terminal acetylenes is 1. The third-order valence-corrected chi connectivity index (χ3v) is 2.35. The second-order valence-electron chi connectivity index (χ2n) is 3.97. The maximum atomic E-state index is 11.7. The molecule has 0 saturated heterocycles. The number of ketones is 2. The second kappa shape index (κ2) is 8.87. The molecule has 0 N–H and O–H groups in total. The van der Waals surface area contributed by atoms with Crippen molar-refractivity contribution in [1.82, 2.24) is 0 Å². The Morgan fingerprint density at radius 1 is 1.47 bits per heavy atom. The van der Waals surface area contributed by atoms with Crippen LogP contribution in [0.3, 0.4) is 0 Å². The molecule has 0 aromatic heterocycles. The van der Waals surface area contributed by atoms with Gasteiger partial charge in [0.2, 0.25) is 5.60 Å². The highest BCUT2D eigenvalue weighted by atomic mass is 16.5. The predicted molar refractivity (Wildman–Crippen MR) is 75.9 cm³/mol. The van der Waals surface area contributed by atoms with Gasteiger partial charge in [-0.1, -0.05) is 24.1 Å². The van der Waals surface area contributed by atoms with E-state index in [1.165, 1.54) is 13.0 Å². The molecular weight excluding hydrogens is 242 g/mol. The standard InChI is InChI=1S/C15H19NO3/c1-5-8-10-13(17)11-16-12-19-15(4,7-3)14(18)9-6-2/h3,5-6,8,12H,2,9-11H2,1,4H3/b8-5-,16-12?. The van der Waals surface area contributed by atoms with Crippen molar-refractivity contribution in [2.45, 2.75) is 32.3 Å². The van der Waals surface area contributed by atoms with Gasteiger partial charge in [-0.2, -0.15) is 0 Å². The van der Waals surface area contributed by atoms with Crippen molar-refractivity contribution < 1.29 is 14.3 Å². The molecule has 4 heteroatoms. The van der Waals surface area contributed by atoms with Crippen LogP contribution in [0.5, 0.6) is 0 Å². The number of nitrogens with zero attached hydrogens (tertiary/aromatic N) is 1. The molecule has 0 aromatic rings. The molecule has 102 valence electrons. The van der Waals surface area contributed by atoms with Gasteiger partial charge in [0.25, 0.3) is 0 Å². The van der Waals surface area contributed by atoms with Gasteiger partial charge in [-0.25, -0.2) is 0 Å². The Morgan fingerprint density at radius 2 is 2.16 bits per heavy atom. The molecule has 0 spiro atoms. The Hall–Kier alpha value is -2.15. The summed E-state index contributed by atoms with van der Waals surface area (Å²) in [6.45, 7) is 6.78. The van der Waals surface area contributed by atoms with Crippen molar-refractivity contribution in [1.29, 1.82) is 0 Å². The van der Waals surface area contributed by atoms with Crippen LogP contribution in [0, 0.1) is 12.3 Å². The van der Waals surface area contributed by atoms with Crippen molar-refractivity contribution in [3.05, 3.63) is 24.8 Å². The highest BCUT2D eigenvalue weighted by Gasteiger charge is 2.30. The number of allylic oxidation sites excluding steroid dienone is 3. The Kier molecular flexibility index (Phi) is 7.87. The number of hydrogen-bond donors (Lipinski definition) is 0. The molecule has 19 heavy (non-hydrogen) atoms. The van der Waals surface area contributed by atoms with Crippen LogP contribution in [-0.2, 0) is 14.3 Å². The lowest BCUT2D eigenvalue weighted by Crippen LogP contribution is -2.36. The Morgan fingerprint density at radius 3 is 2.68 bits per heavy atom. The normalized spacial score (nSPS) is 13.9. The van der Waals surface area contributed by atoms with Crippen molar-refractivity contribution in [2.75, 3.05) is 6.54 Å². The SMILES string of the molecule is C#CC(C)(OC=NCC(=O)C/C=C\C)C(=O)CC=C. The van der Waals surface area contributed by atoms with Crippen LogP contribution in [0.4, 0.5) is 0 Å². The molecule has 0 saturated carbocycles. The molecule has 0 amide bonds. The number of carbonyl (C=O) groups is 2. The van der Waals surface area contributed by atoms with E-state index in [0.717, 1.165) is 6.40 Å². The minimum Gasteiger partial charge on any atom is -0.457 e. The average Bonchev–Trinajstić information content (AvgIpc) is 2.41. The van der Waals surface area contributed by atoms with E-state index in [0.29, 0.717) is 6.42 Å². The first-order chi connectivity index (χ1) is 9.00. The lowest BCUT2D eigenvalue weighted by Gasteiger charge is -2.19. The molecule has 0 aliphatic rings. The highest BCUT2D eigenvalue weighted by Crippen LogP contribution is 2.12. The molecule has 4 nitrogen and oxygen atoms in total. The van der Waals surface area contributed by atoms with Crippen LogP contribution in [0.2, 0.25) is 0 Å². The van der Waals surface area contributed by atoms with Gasteiger partial charge < -0.3 is 4.74 Å². The predicted octanol–water partition coefficient (Wildman–Crippen LogP) is 2.10. The van der Waals surface area contributed by atoms with Gasteiger partial charge in [0, 0.05) is 12.8 Å². The van der Waals surface area contributed by atoms with E-state index in [1.807, 2.05) is 6.92 Å². The number of ether oxygens (including phenoxy) is 1. The van der Waals surface area contributed by atoms with Crippen LogP contribution < -0.4 is 0 Å². The van der Waals surface area contributed by atoms with Crippen molar-refractivity contribution >= 4 is 18.0 Å². The van der Waals surface area contributed by atoms with E-state index in [1.54, 1.807) is 12.2 Å². The quantitative estimate of drug-likeness (QED) is 0.276. The first-order valence-corrected chi connectivity index (χ1v) is 5.91. The summed E-state index contributed by atoms with van der Waals surface area (Å²) in [6, 6.07) is 0. The zero-order valence-corrected chi connectivity index (χ0v) is 11.4. The van der Waals surface area contributed by atoms with Crippen molar-refractivity contribution in [3.8, 4) is 12.3 Å². The molecule has 1 atom stereocenters. The van der Waals surface area contributed by atoms with Crippen molar-refractivity contribution in [3.63, 3.8) is 0 Å². The summed E-state index contributed by atoms with van der Waals surface area (Å²) in [7, 11) is 0. The smallest absolute Gasteiger partial charge is 0.225 e. The Bertz CT molecular complexity index is 429. The van der Waals surface area contributed by atoms with Crippen molar-refractivity contribution in [2.24, 2.45) is 4.99 Å². The summed E-state index contributed by atoms with van der Waals surface area (Å²) in [6.07, 6.45) is 11.8. The summed E-state index contributed by atoms with van der Waals surface area (Å²) in [4.78, 5) is 26.8. The molecule has 0 heterocycles. The molecule has 0 fully saturated rings. The van der Waals surface area contributed by atoms with Gasteiger partial charge in [-0.15, -0.1) is 13.0 Å². The number of hydrogen-bond acceptors (Lipinski definition) is 4. The van der Waals surface area contributed by atoms with Gasteiger partial charge in [0.1, 0.15) is 6.54 Å². The molecule has 0 bridgehead atoms. The Balaban J connectivity index is 4.36. The summed E-state index contributed by atoms with van der Waals surface area (Å²) < 4.78 is 5.15. The minimum atomic E-state index is -1.37. The van der Waals surface area contributed by atoms with Crippen LogP contribution in [-0.4, -0.2) is 30.1 Å². The largest absolute Gasteiger partial charge is 0.457 e. The zero-order valence-electron chi connectivity index (χ0n) is 11.4. The molecule has 0 aliphatic heterocycles. The van der Waals surface area contributed by atoms with Gasteiger partial charge in [0.05, 0.1) is 0 Å². The first kappa shape index (κ1) is 16.9. The third-order valence-electron chi connectivity index (χ3n) is 2.35. The first-order valence-electron chi connectivity index (χ1n) is 5.91. The summed E-state index contributed by atoms with van der Waals surface area (Å²) in [5, 5.41) is 0. The maximum absolute atomic E-state index is 11.7. The van der Waals surface area contributed by atoms with Crippen LogP contribution in [0.25, 0.3) is 0 Å². The van der Waals surface area contributed by atoms with Crippen LogP contribution in [0.1, 0.15) is 26.7 Å². The summed E-state index contributed by atoms with van der Waals surface area (Å²) in [5.41, 5.74) is -1.37. The van der Waals surface area contributed by atoms with Gasteiger partial charge in [0.15, 0.2) is 18.0 Å². The fourth-order valence-corrected chi connectivity index (χ4v) is 1.10. The van der Waals surface area contributed by atoms with Crippen LogP contribution in [0.15, 0.2) is 29.8 Å². The Labute approximate surface area is 114 Å². The minimum absolute atomic E-state index is 0.000635. The van der Waals surface area contributed by atoms with Gasteiger partial charge >= 0.3 is 0 Å². The molecule has 0 aliphatic carbocycles. The fraction of sp³-hybridized carbons (Fsp3) is 0.400. The number of carbonyl (C=O) groups excluding carboxylic acids is 2. The van der Waals surface area contributed by atoms with Gasteiger partial charge in [-0.3, -0.25) is 14.6 Å². The van der Waals surface area contributed by atoms with Gasteiger partial charge in [-0.05, 0) is 13.8 Å². The third kappa shape index (κ3) is 6.37. The van der Waals surface area contributed by atoms with E-state index in [9.17, 15) is 9.59 Å². The lowest BCUT2D eigenvalue weighted by atomic mass is 9.99. The molecule has 0 radical (unpaired) electrons. The summed E-state index contributed by atoms with van der Waals surface area (Å²) in [5.74, 6) is 1.95. The van der Waals surface area contributed by atoms with E-state index < -0.39 is 5.60 Å². The molecule has 0 aromatic carbocycles. The van der Waals surface area contributed by atoms with E-state index >= 15 is 0 Å². The van der Waals surface area contributed by atoms with E-state index in [-0.39, 0.29) is 24.5 Å². The highest BCUT2D eigenvalue weighted by molar-refractivity contribution is 5.92. The monoisotopic (exact) mass is 261 g/mol. The number of rotatable bonds is 9. The zero-order chi connectivity index (χ0) is 14.7.